The van der Waals surface area contributed by atoms with E-state index in [1.807, 2.05) is 37.3 Å². The second-order valence-corrected chi connectivity index (χ2v) is 9.54. The summed E-state index contributed by atoms with van der Waals surface area (Å²) in [6, 6.07) is 15.0. The highest BCUT2D eigenvalue weighted by molar-refractivity contribution is 8.00. The van der Waals surface area contributed by atoms with Crippen LogP contribution in [0.1, 0.15) is 35.0 Å². The fraction of sp³-hybridized carbons (Fsp3) is 0.360. The summed E-state index contributed by atoms with van der Waals surface area (Å²) in [6.45, 7) is 5.62. The Morgan fingerprint density at radius 1 is 1.30 bits per heavy atom. The second kappa shape index (κ2) is 10.6. The average Bonchev–Trinajstić information content (AvgIpc) is 3.42. The van der Waals surface area contributed by atoms with Crippen molar-refractivity contribution in [1.29, 1.82) is 0 Å². The van der Waals surface area contributed by atoms with Gasteiger partial charge in [-0.1, -0.05) is 53.7 Å². The number of imidazole rings is 1. The predicted octanol–water partition coefficient (Wildman–Crippen LogP) is 5.81. The van der Waals surface area contributed by atoms with Crippen molar-refractivity contribution in [2.75, 3.05) is 19.0 Å². The van der Waals surface area contributed by atoms with Crippen molar-refractivity contribution in [2.45, 2.75) is 49.7 Å². The molecule has 4 rings (SSSR count). The number of nitrogens with zero attached hydrogens (tertiary/aromatic N) is 2. The van der Waals surface area contributed by atoms with Crippen LogP contribution in [0.25, 0.3) is 0 Å². The number of aryl methyl sites for hydroxylation is 1. The third kappa shape index (κ3) is 5.54. The molecule has 1 fully saturated rings. The van der Waals surface area contributed by atoms with Gasteiger partial charge in [0.15, 0.2) is 5.16 Å². The maximum atomic E-state index is 13.5. The molecule has 1 aliphatic heterocycles. The van der Waals surface area contributed by atoms with E-state index >= 15 is 0 Å². The minimum absolute atomic E-state index is 0.144. The highest BCUT2D eigenvalue weighted by Crippen LogP contribution is 2.37. The van der Waals surface area contributed by atoms with E-state index in [0.717, 1.165) is 48.1 Å². The molecule has 8 heteroatoms. The number of anilines is 1. The zero-order valence-corrected chi connectivity index (χ0v) is 20.6. The normalized spacial score (nSPS) is 16.5. The second-order valence-electron chi connectivity index (χ2n) is 8.06. The Kier molecular flexibility index (Phi) is 7.63. The van der Waals surface area contributed by atoms with Crippen LogP contribution in [0.4, 0.5) is 5.69 Å². The fourth-order valence-corrected chi connectivity index (χ4v) is 5.33. The number of halogens is 1. The molecule has 1 N–H and O–H groups in total. The first kappa shape index (κ1) is 23.7. The molecule has 1 aromatic heterocycles. The number of ether oxygens (including phenoxy) is 2. The first-order valence-corrected chi connectivity index (χ1v) is 12.2. The molecular formula is C25H28ClN3O3S. The van der Waals surface area contributed by atoms with Gasteiger partial charge in [0.05, 0.1) is 30.5 Å². The minimum atomic E-state index is -0.489. The van der Waals surface area contributed by atoms with Crippen LogP contribution < -0.4 is 10.1 Å². The summed E-state index contributed by atoms with van der Waals surface area (Å²) in [4.78, 5) is 18.3. The summed E-state index contributed by atoms with van der Waals surface area (Å²) >= 11 is 7.71. The van der Waals surface area contributed by atoms with Crippen LogP contribution in [0.3, 0.4) is 0 Å². The molecule has 2 aromatic carbocycles. The van der Waals surface area contributed by atoms with E-state index < -0.39 is 5.25 Å². The van der Waals surface area contributed by atoms with Crippen molar-refractivity contribution in [3.05, 3.63) is 70.5 Å². The molecule has 33 heavy (non-hydrogen) atoms. The van der Waals surface area contributed by atoms with Crippen molar-refractivity contribution in [3.63, 3.8) is 0 Å². The zero-order valence-electron chi connectivity index (χ0n) is 19.0. The summed E-state index contributed by atoms with van der Waals surface area (Å²) in [5.41, 5.74) is 3.58. The third-order valence-electron chi connectivity index (χ3n) is 5.82. The van der Waals surface area contributed by atoms with Gasteiger partial charge in [0, 0.05) is 18.0 Å². The van der Waals surface area contributed by atoms with E-state index in [1.165, 1.54) is 11.8 Å². The lowest BCUT2D eigenvalue weighted by Gasteiger charge is -2.19. The van der Waals surface area contributed by atoms with Crippen LogP contribution in [-0.2, 0) is 16.1 Å². The molecule has 1 saturated heterocycles. The van der Waals surface area contributed by atoms with Gasteiger partial charge in [-0.2, -0.15) is 0 Å². The Morgan fingerprint density at radius 2 is 2.09 bits per heavy atom. The quantitative estimate of drug-likeness (QED) is 0.408. The smallest absolute Gasteiger partial charge is 0.242 e. The molecule has 0 unspecified atom stereocenters. The van der Waals surface area contributed by atoms with E-state index in [0.29, 0.717) is 16.5 Å². The first-order chi connectivity index (χ1) is 16.0. The Balaban J connectivity index is 1.61. The first-order valence-electron chi connectivity index (χ1n) is 11.0. The maximum absolute atomic E-state index is 13.5. The zero-order chi connectivity index (χ0) is 23.4. The SMILES string of the molecule is COc1ccc(NC(=O)[C@H](Sc2nc(C)c(C)n2C[C@H]2CCCO2)c2ccccc2)cc1Cl. The molecular weight excluding hydrogens is 458 g/mol. The highest BCUT2D eigenvalue weighted by Gasteiger charge is 2.27. The number of hydrogen-bond donors (Lipinski definition) is 1. The van der Waals surface area contributed by atoms with Crippen molar-refractivity contribution < 1.29 is 14.3 Å². The van der Waals surface area contributed by atoms with Gasteiger partial charge in [-0.05, 0) is 50.5 Å². The number of carbonyl (C=O) groups excluding carboxylic acids is 1. The number of hydrogen-bond acceptors (Lipinski definition) is 5. The molecule has 2 atom stereocenters. The number of aromatic nitrogens is 2. The van der Waals surface area contributed by atoms with Crippen LogP contribution in [0.15, 0.2) is 53.7 Å². The Hall–Kier alpha value is -2.48. The van der Waals surface area contributed by atoms with E-state index in [-0.39, 0.29) is 12.0 Å². The van der Waals surface area contributed by atoms with Gasteiger partial charge in [-0.15, -0.1) is 0 Å². The van der Waals surface area contributed by atoms with Crippen molar-refractivity contribution in [3.8, 4) is 5.75 Å². The van der Waals surface area contributed by atoms with Gasteiger partial charge in [-0.25, -0.2) is 4.98 Å². The maximum Gasteiger partial charge on any atom is 0.242 e. The van der Waals surface area contributed by atoms with E-state index in [1.54, 1.807) is 25.3 Å². The van der Waals surface area contributed by atoms with Crippen LogP contribution in [0.2, 0.25) is 5.02 Å². The minimum Gasteiger partial charge on any atom is -0.495 e. The van der Waals surface area contributed by atoms with Gasteiger partial charge in [0.25, 0.3) is 0 Å². The van der Waals surface area contributed by atoms with Gasteiger partial charge >= 0.3 is 0 Å². The number of rotatable bonds is 8. The number of carbonyl (C=O) groups is 1. The van der Waals surface area contributed by atoms with Gasteiger partial charge in [0.2, 0.25) is 5.91 Å². The van der Waals surface area contributed by atoms with Crippen molar-refractivity contribution in [1.82, 2.24) is 9.55 Å². The van der Waals surface area contributed by atoms with Gasteiger partial charge in [0.1, 0.15) is 11.0 Å². The lowest BCUT2D eigenvalue weighted by atomic mass is 10.1. The average molecular weight is 486 g/mol. The standard InChI is InChI=1S/C25H28ClN3O3S/c1-16-17(2)29(15-20-10-7-13-32-20)25(27-16)33-23(18-8-5-4-6-9-18)24(30)28-19-11-12-22(31-3)21(26)14-19/h4-6,8-9,11-12,14,20,23H,7,10,13,15H2,1-3H3,(H,28,30)/t20-,23-/m1/s1. The molecule has 0 spiro atoms. The van der Waals surface area contributed by atoms with Crippen molar-refractivity contribution in [2.24, 2.45) is 0 Å². The number of benzene rings is 2. The largest absolute Gasteiger partial charge is 0.495 e. The summed E-state index contributed by atoms with van der Waals surface area (Å²) in [5, 5.41) is 3.78. The lowest BCUT2D eigenvalue weighted by molar-refractivity contribution is -0.115. The molecule has 0 radical (unpaired) electrons. The molecule has 0 bridgehead atoms. The topological polar surface area (TPSA) is 65.4 Å². The van der Waals surface area contributed by atoms with Gasteiger partial charge < -0.3 is 19.4 Å². The Labute approximate surface area is 203 Å². The number of thioether (sulfide) groups is 1. The molecule has 1 aliphatic rings. The van der Waals surface area contributed by atoms with Crippen molar-refractivity contribution >= 4 is 35.0 Å². The molecule has 3 aromatic rings. The molecule has 0 aliphatic carbocycles. The Bertz CT molecular complexity index is 1110. The predicted molar refractivity (Wildman–Crippen MR) is 132 cm³/mol. The molecule has 1 amide bonds. The fourth-order valence-electron chi connectivity index (χ4n) is 3.88. The van der Waals surface area contributed by atoms with E-state index in [4.69, 9.17) is 26.1 Å². The molecule has 0 saturated carbocycles. The van der Waals surface area contributed by atoms with Crippen LogP contribution in [-0.4, -0.2) is 35.3 Å². The van der Waals surface area contributed by atoms with E-state index in [2.05, 4.69) is 16.8 Å². The summed E-state index contributed by atoms with van der Waals surface area (Å²) < 4.78 is 13.3. The number of amides is 1. The van der Waals surface area contributed by atoms with Crippen LogP contribution in [0, 0.1) is 13.8 Å². The van der Waals surface area contributed by atoms with Gasteiger partial charge in [-0.3, -0.25) is 4.79 Å². The third-order valence-corrected chi connectivity index (χ3v) is 7.36. The van der Waals surface area contributed by atoms with Crippen LogP contribution >= 0.6 is 23.4 Å². The molecule has 174 valence electrons. The Morgan fingerprint density at radius 3 is 2.76 bits per heavy atom. The highest BCUT2D eigenvalue weighted by atomic mass is 35.5. The summed E-state index contributed by atoms with van der Waals surface area (Å²) in [6.07, 6.45) is 2.31. The number of methoxy groups -OCH3 is 1. The monoisotopic (exact) mass is 485 g/mol. The molecule has 6 nitrogen and oxygen atoms in total. The van der Waals surface area contributed by atoms with E-state index in [9.17, 15) is 4.79 Å². The molecule has 2 heterocycles. The number of nitrogens with one attached hydrogen (secondary N) is 1. The van der Waals surface area contributed by atoms with Crippen LogP contribution in [0.5, 0.6) is 5.75 Å². The summed E-state index contributed by atoms with van der Waals surface area (Å²) in [5.74, 6) is 0.417. The summed E-state index contributed by atoms with van der Waals surface area (Å²) in [7, 11) is 1.56. The lowest BCUT2D eigenvalue weighted by Crippen LogP contribution is -2.21.